The third kappa shape index (κ3) is 3.86. The van der Waals surface area contributed by atoms with Crippen LogP contribution in [0.1, 0.15) is 52.8 Å². The van der Waals surface area contributed by atoms with Crippen LogP contribution in [0, 0.1) is 17.8 Å². The van der Waals surface area contributed by atoms with Crippen LogP contribution in [-0.4, -0.2) is 26.6 Å². The van der Waals surface area contributed by atoms with E-state index in [-0.39, 0.29) is 18.6 Å². The van der Waals surface area contributed by atoms with E-state index in [1.807, 2.05) is 17.6 Å². The van der Waals surface area contributed by atoms with E-state index in [1.54, 1.807) is 12.4 Å². The van der Waals surface area contributed by atoms with Crippen molar-refractivity contribution in [1.82, 2.24) is 14.5 Å². The molecule has 0 saturated heterocycles. The number of carbonyl (C=O) groups is 1. The molecule has 1 aliphatic rings. The Morgan fingerprint density at radius 1 is 1.40 bits per heavy atom. The lowest BCUT2D eigenvalue weighted by Crippen LogP contribution is -2.36. The first kappa shape index (κ1) is 17.9. The summed E-state index contributed by atoms with van der Waals surface area (Å²) in [7, 11) is 0. The summed E-state index contributed by atoms with van der Waals surface area (Å²) >= 11 is 0. The van der Waals surface area contributed by atoms with Gasteiger partial charge in [-0.2, -0.15) is 0 Å². The largest absolute Gasteiger partial charge is 0.461 e. The van der Waals surface area contributed by atoms with Crippen LogP contribution in [0.5, 0.6) is 0 Å². The average Bonchev–Trinajstić information content (AvgIpc) is 2.92. The van der Waals surface area contributed by atoms with Gasteiger partial charge in [0.1, 0.15) is 18.5 Å². The number of imidazole rings is 1. The molecule has 0 spiro atoms. The van der Waals surface area contributed by atoms with Crippen LogP contribution in [0.15, 0.2) is 18.5 Å². The van der Waals surface area contributed by atoms with E-state index in [1.165, 1.54) is 6.42 Å². The van der Waals surface area contributed by atoms with Crippen molar-refractivity contribution in [1.29, 1.82) is 0 Å². The molecule has 136 valence electrons. The van der Waals surface area contributed by atoms with Gasteiger partial charge in [0.15, 0.2) is 0 Å². The van der Waals surface area contributed by atoms with Crippen molar-refractivity contribution in [2.24, 2.45) is 17.8 Å². The van der Waals surface area contributed by atoms with Crippen molar-refractivity contribution in [3.63, 3.8) is 0 Å². The van der Waals surface area contributed by atoms with Gasteiger partial charge in [0.2, 0.25) is 0 Å². The highest BCUT2D eigenvalue weighted by molar-refractivity contribution is 5.78. The van der Waals surface area contributed by atoms with Crippen molar-refractivity contribution in [2.45, 2.75) is 66.0 Å². The number of ether oxygens (including phenoxy) is 1. The number of aryl methyl sites for hydroxylation is 1. The first-order valence-electron chi connectivity index (χ1n) is 9.48. The van der Waals surface area contributed by atoms with Crippen LogP contribution < -0.4 is 0 Å². The Hall–Kier alpha value is -1.91. The number of fused-ring (bicyclic) bond motifs is 1. The predicted molar refractivity (Wildman–Crippen MR) is 98.1 cm³/mol. The molecule has 0 bridgehead atoms. The van der Waals surface area contributed by atoms with Crippen molar-refractivity contribution in [3.05, 3.63) is 24.3 Å². The highest BCUT2D eigenvalue weighted by atomic mass is 16.5. The number of carbonyl (C=O) groups excluding carboxylic acids is 1. The van der Waals surface area contributed by atoms with Crippen LogP contribution in [0.25, 0.3) is 11.0 Å². The fourth-order valence-electron chi connectivity index (χ4n) is 4.05. The molecule has 0 radical (unpaired) electrons. The van der Waals surface area contributed by atoms with Crippen molar-refractivity contribution in [3.8, 4) is 0 Å². The molecule has 3 rings (SSSR count). The number of nitrogens with zero attached hydrogens (tertiary/aromatic N) is 3. The maximum atomic E-state index is 12.7. The van der Waals surface area contributed by atoms with Crippen LogP contribution in [0.2, 0.25) is 0 Å². The standard InChI is InChI=1S/C20H29N3O2/c1-5-19-22-16-8-9-21-11-17(16)23(19)12-20(24)25-18-10-14(4)6-7-15(18)13(2)3/h8-9,11,13-15,18H,5-7,10,12H2,1-4H3/t14-,15+,18?/m1/s1. The monoisotopic (exact) mass is 343 g/mol. The lowest BCUT2D eigenvalue weighted by molar-refractivity contribution is -0.156. The van der Waals surface area contributed by atoms with Crippen molar-refractivity contribution in [2.75, 3.05) is 0 Å². The highest BCUT2D eigenvalue weighted by Gasteiger charge is 2.33. The predicted octanol–water partition coefficient (Wildman–Crippen LogP) is 4.00. The van der Waals surface area contributed by atoms with Gasteiger partial charge < -0.3 is 9.30 Å². The molecule has 0 amide bonds. The van der Waals surface area contributed by atoms with E-state index in [9.17, 15) is 4.79 Å². The third-order valence-corrected chi connectivity index (χ3v) is 5.48. The van der Waals surface area contributed by atoms with Gasteiger partial charge in [-0.05, 0) is 36.7 Å². The second-order valence-electron chi connectivity index (χ2n) is 7.69. The summed E-state index contributed by atoms with van der Waals surface area (Å²) < 4.78 is 7.90. The summed E-state index contributed by atoms with van der Waals surface area (Å²) in [5.41, 5.74) is 1.78. The molecule has 3 atom stereocenters. The Bertz CT molecular complexity index is 738. The van der Waals surface area contributed by atoms with E-state index in [2.05, 4.69) is 30.7 Å². The van der Waals surface area contributed by atoms with Crippen LogP contribution >= 0.6 is 0 Å². The molecule has 0 aromatic carbocycles. The second kappa shape index (κ2) is 7.54. The maximum Gasteiger partial charge on any atom is 0.326 e. The molecular weight excluding hydrogens is 314 g/mol. The molecule has 5 nitrogen and oxygen atoms in total. The molecule has 1 unspecified atom stereocenters. The highest BCUT2D eigenvalue weighted by Crippen LogP contribution is 2.35. The van der Waals surface area contributed by atoms with Crippen molar-refractivity contribution < 1.29 is 9.53 Å². The third-order valence-electron chi connectivity index (χ3n) is 5.48. The van der Waals surface area contributed by atoms with Gasteiger partial charge in [-0.3, -0.25) is 9.78 Å². The molecule has 1 saturated carbocycles. The molecule has 0 aliphatic heterocycles. The van der Waals surface area contributed by atoms with Crippen LogP contribution in [0.3, 0.4) is 0 Å². The van der Waals surface area contributed by atoms with E-state index in [0.29, 0.717) is 17.8 Å². The number of hydrogen-bond acceptors (Lipinski definition) is 4. The molecular formula is C20H29N3O2. The minimum atomic E-state index is -0.164. The summed E-state index contributed by atoms with van der Waals surface area (Å²) in [6, 6.07) is 1.88. The van der Waals surface area contributed by atoms with E-state index >= 15 is 0 Å². The Labute approximate surface area is 149 Å². The molecule has 1 fully saturated rings. The summed E-state index contributed by atoms with van der Waals surface area (Å²) in [6.45, 7) is 8.97. The second-order valence-corrected chi connectivity index (χ2v) is 7.69. The number of rotatable bonds is 5. The van der Waals surface area contributed by atoms with Crippen molar-refractivity contribution >= 4 is 17.0 Å². The summed E-state index contributed by atoms with van der Waals surface area (Å²) in [4.78, 5) is 21.5. The Morgan fingerprint density at radius 3 is 2.92 bits per heavy atom. The average molecular weight is 343 g/mol. The fourth-order valence-corrected chi connectivity index (χ4v) is 4.05. The first-order chi connectivity index (χ1) is 12.0. The van der Waals surface area contributed by atoms with E-state index < -0.39 is 0 Å². The molecule has 2 aromatic heterocycles. The lowest BCUT2D eigenvalue weighted by atomic mass is 9.75. The van der Waals surface area contributed by atoms with Gasteiger partial charge in [0.05, 0.1) is 17.2 Å². The molecule has 2 aromatic rings. The van der Waals surface area contributed by atoms with E-state index in [0.717, 1.165) is 36.1 Å². The zero-order valence-corrected chi connectivity index (χ0v) is 15.7. The molecule has 2 heterocycles. The topological polar surface area (TPSA) is 57.0 Å². The SMILES string of the molecule is CCc1nc2ccncc2n1CC(=O)OC1C[C@H](C)CC[C@H]1C(C)C. The fraction of sp³-hybridized carbons (Fsp3) is 0.650. The molecule has 0 N–H and O–H groups in total. The summed E-state index contributed by atoms with van der Waals surface area (Å²) in [5.74, 6) is 2.36. The summed E-state index contributed by atoms with van der Waals surface area (Å²) in [6.07, 6.45) is 7.67. The Kier molecular flexibility index (Phi) is 5.40. The Morgan fingerprint density at radius 2 is 2.20 bits per heavy atom. The van der Waals surface area contributed by atoms with E-state index in [4.69, 9.17) is 4.74 Å². The van der Waals surface area contributed by atoms with Gasteiger partial charge in [-0.25, -0.2) is 4.98 Å². The quantitative estimate of drug-likeness (QED) is 0.770. The first-order valence-corrected chi connectivity index (χ1v) is 9.48. The minimum absolute atomic E-state index is 0.0363. The maximum absolute atomic E-state index is 12.7. The van der Waals surface area contributed by atoms with Gasteiger partial charge in [0, 0.05) is 12.6 Å². The zero-order valence-electron chi connectivity index (χ0n) is 15.7. The number of aromatic nitrogens is 3. The lowest BCUT2D eigenvalue weighted by Gasteiger charge is -2.36. The van der Waals surface area contributed by atoms with Gasteiger partial charge in [-0.15, -0.1) is 0 Å². The van der Waals surface area contributed by atoms with Gasteiger partial charge in [0.25, 0.3) is 0 Å². The molecule has 5 heteroatoms. The summed E-state index contributed by atoms with van der Waals surface area (Å²) in [5, 5.41) is 0. The van der Waals surface area contributed by atoms with Crippen LogP contribution in [-0.2, 0) is 22.5 Å². The number of esters is 1. The van der Waals surface area contributed by atoms with Crippen LogP contribution in [0.4, 0.5) is 0 Å². The smallest absolute Gasteiger partial charge is 0.326 e. The van der Waals surface area contributed by atoms with Gasteiger partial charge >= 0.3 is 5.97 Å². The Balaban J connectivity index is 1.76. The van der Waals surface area contributed by atoms with Gasteiger partial charge in [-0.1, -0.05) is 34.1 Å². The molecule has 1 aliphatic carbocycles. The zero-order chi connectivity index (χ0) is 18.0. The molecule has 25 heavy (non-hydrogen) atoms. The number of hydrogen-bond donors (Lipinski definition) is 0. The minimum Gasteiger partial charge on any atom is -0.461 e. The number of pyridine rings is 1. The normalized spacial score (nSPS) is 24.0.